The molecule has 2 aromatic carbocycles. The molecule has 25 heavy (non-hydrogen) atoms. The van der Waals surface area contributed by atoms with E-state index in [9.17, 15) is 14.4 Å². The Labute approximate surface area is 146 Å². The van der Waals surface area contributed by atoms with Gasteiger partial charge in [0.25, 0.3) is 0 Å². The first kappa shape index (κ1) is 15.8. The molecule has 2 fully saturated rings. The molecule has 1 amide bonds. The fourth-order valence-corrected chi connectivity index (χ4v) is 4.02. The molecule has 1 saturated heterocycles. The molecule has 3 unspecified atom stereocenters. The largest absolute Gasteiger partial charge is 0.333 e. The molecule has 1 aliphatic carbocycles. The molecule has 2 aromatic rings. The van der Waals surface area contributed by atoms with E-state index in [4.69, 9.17) is 0 Å². The summed E-state index contributed by atoms with van der Waals surface area (Å²) in [4.78, 5) is 39.6. The number of nitrogens with zero attached hydrogens (tertiary/aromatic N) is 1. The predicted octanol–water partition coefficient (Wildman–Crippen LogP) is 2.41. The van der Waals surface area contributed by atoms with Crippen molar-refractivity contribution in [2.75, 3.05) is 0 Å². The van der Waals surface area contributed by atoms with E-state index in [1.807, 2.05) is 60.7 Å². The van der Waals surface area contributed by atoms with Crippen LogP contribution in [0.1, 0.15) is 17.5 Å². The summed E-state index contributed by atoms with van der Waals surface area (Å²) >= 11 is 0. The molecule has 4 nitrogen and oxygen atoms in total. The number of likely N-dealkylation sites (tertiary alicyclic amines) is 1. The van der Waals surface area contributed by atoms with Crippen molar-refractivity contribution in [3.8, 4) is 0 Å². The lowest BCUT2D eigenvalue weighted by molar-refractivity contribution is -0.150. The summed E-state index contributed by atoms with van der Waals surface area (Å²) in [6.45, 7) is 0.435. The first-order valence-electron chi connectivity index (χ1n) is 8.60. The molecule has 1 aliphatic heterocycles. The van der Waals surface area contributed by atoms with Gasteiger partial charge in [-0.25, -0.2) is 0 Å². The van der Waals surface area contributed by atoms with E-state index in [1.54, 1.807) is 4.90 Å². The fourth-order valence-electron chi connectivity index (χ4n) is 4.02. The van der Waals surface area contributed by atoms with Crippen molar-refractivity contribution in [1.82, 2.24) is 4.90 Å². The zero-order valence-electron chi connectivity index (χ0n) is 13.8. The second-order valence-electron chi connectivity index (χ2n) is 6.81. The van der Waals surface area contributed by atoms with Crippen molar-refractivity contribution in [3.05, 3.63) is 71.8 Å². The molecule has 126 valence electrons. The van der Waals surface area contributed by atoms with Crippen LogP contribution in [0.2, 0.25) is 0 Å². The zero-order chi connectivity index (χ0) is 17.4. The van der Waals surface area contributed by atoms with Crippen molar-refractivity contribution in [1.29, 1.82) is 0 Å². The highest BCUT2D eigenvalue weighted by Crippen LogP contribution is 2.38. The molecule has 4 rings (SSSR count). The summed E-state index contributed by atoms with van der Waals surface area (Å²) in [5, 5.41) is 0. The van der Waals surface area contributed by atoms with E-state index in [0.717, 1.165) is 11.1 Å². The van der Waals surface area contributed by atoms with Gasteiger partial charge in [-0.2, -0.15) is 0 Å². The third-order valence-electron chi connectivity index (χ3n) is 5.25. The van der Waals surface area contributed by atoms with E-state index in [2.05, 4.69) is 0 Å². The molecule has 2 bridgehead atoms. The fraction of sp³-hybridized carbons (Fsp3) is 0.286. The number of rotatable bonds is 4. The van der Waals surface area contributed by atoms with Gasteiger partial charge < -0.3 is 4.90 Å². The number of Topliss-reactive ketones (excluding diaryl/α,β-unsaturated/α-hetero) is 2. The lowest BCUT2D eigenvalue weighted by atomic mass is 9.84. The number of amides is 1. The summed E-state index contributed by atoms with van der Waals surface area (Å²) in [6.07, 6.45) is 0.590. The van der Waals surface area contributed by atoms with Gasteiger partial charge in [0.1, 0.15) is 11.7 Å². The van der Waals surface area contributed by atoms with Crippen LogP contribution < -0.4 is 0 Å². The minimum absolute atomic E-state index is 0.0684. The molecule has 2 aliphatic rings. The lowest BCUT2D eigenvalue weighted by Gasteiger charge is -2.38. The summed E-state index contributed by atoms with van der Waals surface area (Å²) in [5.74, 6) is -1.91. The Kier molecular flexibility index (Phi) is 3.96. The van der Waals surface area contributed by atoms with Crippen molar-refractivity contribution < 1.29 is 14.4 Å². The zero-order valence-corrected chi connectivity index (χ0v) is 13.8. The number of fused-ring (bicyclic) bond motifs is 2. The number of carbonyl (C=O) groups excluding carboxylic acids is 3. The maximum absolute atomic E-state index is 12.9. The van der Waals surface area contributed by atoms with Gasteiger partial charge >= 0.3 is 0 Å². The molecule has 0 N–H and O–H groups in total. The average molecular weight is 333 g/mol. The van der Waals surface area contributed by atoms with E-state index in [1.165, 1.54) is 0 Å². The smallest absolute Gasteiger partial charge is 0.234 e. The highest BCUT2D eigenvalue weighted by Gasteiger charge is 2.56. The third-order valence-corrected chi connectivity index (χ3v) is 5.25. The van der Waals surface area contributed by atoms with E-state index < -0.39 is 17.9 Å². The maximum Gasteiger partial charge on any atom is 0.234 e. The van der Waals surface area contributed by atoms with Crippen LogP contribution in [0.4, 0.5) is 0 Å². The van der Waals surface area contributed by atoms with Gasteiger partial charge in [0.15, 0.2) is 5.78 Å². The van der Waals surface area contributed by atoms with Gasteiger partial charge in [-0.3, -0.25) is 14.4 Å². The Balaban J connectivity index is 1.69. The normalized spacial score (nSPS) is 25.5. The highest BCUT2D eigenvalue weighted by atomic mass is 16.2. The molecular weight excluding hydrogens is 314 g/mol. The minimum atomic E-state index is -0.770. The second-order valence-corrected chi connectivity index (χ2v) is 6.81. The highest BCUT2D eigenvalue weighted by molar-refractivity contribution is 6.20. The Morgan fingerprint density at radius 1 is 0.840 bits per heavy atom. The van der Waals surface area contributed by atoms with Crippen molar-refractivity contribution >= 4 is 17.5 Å². The van der Waals surface area contributed by atoms with Gasteiger partial charge in [0.05, 0.1) is 12.0 Å². The Hall–Kier alpha value is -2.75. The number of hydrogen-bond donors (Lipinski definition) is 0. The third kappa shape index (κ3) is 2.78. The van der Waals surface area contributed by atoms with Crippen LogP contribution >= 0.6 is 0 Å². The van der Waals surface area contributed by atoms with Crippen LogP contribution in [-0.4, -0.2) is 28.4 Å². The minimum Gasteiger partial charge on any atom is -0.333 e. The van der Waals surface area contributed by atoms with Crippen LogP contribution in [0.5, 0.6) is 0 Å². The van der Waals surface area contributed by atoms with Gasteiger partial charge in [0.2, 0.25) is 5.91 Å². The molecule has 0 aromatic heterocycles. The monoisotopic (exact) mass is 333 g/mol. The topological polar surface area (TPSA) is 54.5 Å². The average Bonchev–Trinajstić information content (AvgIpc) is 2.88. The van der Waals surface area contributed by atoms with Crippen molar-refractivity contribution in [2.45, 2.75) is 25.4 Å². The number of ketones is 2. The SMILES string of the molecule is O=C1CC2C(=O)C1C(Cc1ccccc1)N(Cc1ccccc1)C2=O. The van der Waals surface area contributed by atoms with E-state index >= 15 is 0 Å². The van der Waals surface area contributed by atoms with Gasteiger partial charge in [-0.1, -0.05) is 60.7 Å². The molecule has 3 atom stereocenters. The standard InChI is InChI=1S/C21H19NO3/c23-18-12-16-20(24)19(18)17(11-14-7-3-1-4-8-14)22(21(16)25)13-15-9-5-2-6-10-15/h1-10,16-17,19H,11-13H2. The van der Waals surface area contributed by atoms with Crippen LogP contribution in [0, 0.1) is 11.8 Å². The lowest BCUT2D eigenvalue weighted by Crippen LogP contribution is -2.55. The summed E-state index contributed by atoms with van der Waals surface area (Å²) in [6, 6.07) is 19.1. The van der Waals surface area contributed by atoms with Crippen LogP contribution in [0.25, 0.3) is 0 Å². The van der Waals surface area contributed by atoms with Crippen molar-refractivity contribution in [3.63, 3.8) is 0 Å². The summed E-state index contributed by atoms with van der Waals surface area (Å²) in [7, 11) is 0. The first-order chi connectivity index (χ1) is 12.1. The second kappa shape index (κ2) is 6.28. The summed E-state index contributed by atoms with van der Waals surface area (Å²) in [5.41, 5.74) is 2.04. The summed E-state index contributed by atoms with van der Waals surface area (Å²) < 4.78 is 0. The number of benzene rings is 2. The predicted molar refractivity (Wildman–Crippen MR) is 92.5 cm³/mol. The van der Waals surface area contributed by atoms with E-state index in [0.29, 0.717) is 13.0 Å². The molecule has 0 spiro atoms. The van der Waals surface area contributed by atoms with Gasteiger partial charge in [0, 0.05) is 13.0 Å². The van der Waals surface area contributed by atoms with Crippen molar-refractivity contribution in [2.24, 2.45) is 11.8 Å². The number of piperidine rings is 1. The quantitative estimate of drug-likeness (QED) is 0.808. The number of hydrogen-bond acceptors (Lipinski definition) is 3. The van der Waals surface area contributed by atoms with E-state index in [-0.39, 0.29) is 23.9 Å². The molecular formula is C21H19NO3. The number of carbonyl (C=O) groups is 3. The molecule has 0 radical (unpaired) electrons. The van der Waals surface area contributed by atoms with Crippen LogP contribution in [-0.2, 0) is 27.3 Å². The molecule has 4 heteroatoms. The van der Waals surface area contributed by atoms with Gasteiger partial charge in [-0.15, -0.1) is 0 Å². The first-order valence-corrected chi connectivity index (χ1v) is 8.60. The molecule has 1 saturated carbocycles. The Bertz CT molecular complexity index is 816. The Morgan fingerprint density at radius 3 is 2.08 bits per heavy atom. The Morgan fingerprint density at radius 2 is 1.44 bits per heavy atom. The van der Waals surface area contributed by atoms with Crippen LogP contribution in [0.3, 0.4) is 0 Å². The van der Waals surface area contributed by atoms with Crippen LogP contribution in [0.15, 0.2) is 60.7 Å². The van der Waals surface area contributed by atoms with Gasteiger partial charge in [-0.05, 0) is 17.5 Å². The maximum atomic E-state index is 12.9. The molecule has 1 heterocycles.